The van der Waals surface area contributed by atoms with E-state index in [1.807, 2.05) is 24.3 Å². The molecule has 4 nitrogen and oxygen atoms in total. The Labute approximate surface area is 124 Å². The van der Waals surface area contributed by atoms with Gasteiger partial charge in [-0.15, -0.1) is 0 Å². The second-order valence-electron chi connectivity index (χ2n) is 5.17. The predicted octanol–water partition coefficient (Wildman–Crippen LogP) is 2.48. The summed E-state index contributed by atoms with van der Waals surface area (Å²) in [7, 11) is 0. The number of amides is 1. The molecule has 0 spiro atoms. The molecule has 0 aliphatic carbocycles. The molecule has 1 amide bonds. The highest BCUT2D eigenvalue weighted by Gasteiger charge is 2.20. The monoisotopic (exact) mass is 289 g/mol. The zero-order valence-corrected chi connectivity index (χ0v) is 12.2. The molecule has 1 aromatic rings. The quantitative estimate of drug-likeness (QED) is 0.646. The van der Waals surface area contributed by atoms with Crippen molar-refractivity contribution in [1.29, 1.82) is 0 Å². The van der Waals surface area contributed by atoms with Crippen molar-refractivity contribution >= 4 is 29.0 Å². The smallest absolute Gasteiger partial charge is 0.218 e. The minimum absolute atomic E-state index is 0.117. The fraction of sp³-hybridized carbons (Fsp3) is 0.467. The summed E-state index contributed by atoms with van der Waals surface area (Å²) in [6, 6.07) is 7.79. The molecule has 0 aromatic heterocycles. The first-order valence-electron chi connectivity index (χ1n) is 6.87. The van der Waals surface area contributed by atoms with Crippen LogP contribution in [0.2, 0.25) is 0 Å². The van der Waals surface area contributed by atoms with Gasteiger partial charge in [-0.3, -0.25) is 4.79 Å². The number of aliphatic imine (C=N–C) groups is 1. The van der Waals surface area contributed by atoms with Gasteiger partial charge in [0.05, 0.1) is 10.8 Å². The number of likely N-dealkylation sites (tertiary alicyclic amines) is 1. The van der Waals surface area contributed by atoms with Gasteiger partial charge in [0.25, 0.3) is 0 Å². The zero-order chi connectivity index (χ0) is 14.4. The Bertz CT molecular complexity index is 520. The van der Waals surface area contributed by atoms with E-state index in [4.69, 9.17) is 5.73 Å². The molecule has 20 heavy (non-hydrogen) atoms. The first kappa shape index (κ1) is 14.9. The molecular formula is C15H19N3OS. The molecule has 2 N–H and O–H groups in total. The third-order valence-corrected chi connectivity index (χ3v) is 3.73. The highest BCUT2D eigenvalue weighted by molar-refractivity contribution is 7.78. The van der Waals surface area contributed by atoms with Crippen LogP contribution in [0.4, 0.5) is 5.69 Å². The average molecular weight is 289 g/mol. The van der Waals surface area contributed by atoms with Crippen LogP contribution in [0.1, 0.15) is 30.7 Å². The Kier molecular flexibility index (Phi) is 5.41. The number of primary amides is 1. The number of hydrogen-bond donors (Lipinski definition) is 1. The van der Waals surface area contributed by atoms with Crippen molar-refractivity contribution in [3.63, 3.8) is 0 Å². The number of benzene rings is 1. The molecule has 1 fully saturated rings. The van der Waals surface area contributed by atoms with Crippen LogP contribution in [-0.4, -0.2) is 35.6 Å². The lowest BCUT2D eigenvalue weighted by atomic mass is 9.94. The molecule has 1 heterocycles. The highest BCUT2D eigenvalue weighted by atomic mass is 32.1. The molecule has 0 saturated carbocycles. The third kappa shape index (κ3) is 4.23. The fourth-order valence-electron chi connectivity index (χ4n) is 2.71. The van der Waals surface area contributed by atoms with E-state index >= 15 is 0 Å². The molecule has 1 saturated heterocycles. The van der Waals surface area contributed by atoms with Crippen molar-refractivity contribution in [3.05, 3.63) is 29.8 Å². The minimum Gasteiger partial charge on any atom is -0.370 e. The van der Waals surface area contributed by atoms with Crippen LogP contribution >= 0.6 is 12.2 Å². The van der Waals surface area contributed by atoms with E-state index in [-0.39, 0.29) is 11.8 Å². The van der Waals surface area contributed by atoms with E-state index < -0.39 is 0 Å². The van der Waals surface area contributed by atoms with Crippen molar-refractivity contribution in [2.75, 3.05) is 19.6 Å². The molecule has 1 aliphatic heterocycles. The molecular weight excluding hydrogens is 270 g/mol. The summed E-state index contributed by atoms with van der Waals surface area (Å²) in [5.41, 5.74) is 7.25. The second kappa shape index (κ2) is 7.29. The van der Waals surface area contributed by atoms with Gasteiger partial charge in [-0.25, -0.2) is 0 Å². The van der Waals surface area contributed by atoms with Crippen molar-refractivity contribution < 1.29 is 4.79 Å². The number of carbonyl (C=O) groups excluding carboxylic acids is 1. The zero-order valence-electron chi connectivity index (χ0n) is 11.4. The van der Waals surface area contributed by atoms with Crippen molar-refractivity contribution in [3.8, 4) is 0 Å². The van der Waals surface area contributed by atoms with Gasteiger partial charge in [-0.05, 0) is 55.8 Å². The van der Waals surface area contributed by atoms with Gasteiger partial charge in [0.2, 0.25) is 5.91 Å². The second-order valence-corrected chi connectivity index (χ2v) is 5.36. The highest BCUT2D eigenvalue weighted by Crippen LogP contribution is 2.26. The molecule has 1 atom stereocenters. The normalized spacial score (nSPS) is 16.6. The van der Waals surface area contributed by atoms with E-state index in [1.165, 1.54) is 12.8 Å². The van der Waals surface area contributed by atoms with Crippen LogP contribution in [0.25, 0.3) is 0 Å². The Morgan fingerprint density at radius 1 is 1.45 bits per heavy atom. The molecule has 1 aromatic carbocycles. The van der Waals surface area contributed by atoms with E-state index in [2.05, 4.69) is 27.3 Å². The van der Waals surface area contributed by atoms with Gasteiger partial charge in [-0.1, -0.05) is 12.1 Å². The lowest BCUT2D eigenvalue weighted by Crippen LogP contribution is -2.28. The SMILES string of the molecule is NC(=O)C[C@H](CN1CCCC1)c1cccc(N=C=S)c1. The van der Waals surface area contributed by atoms with Crippen molar-refractivity contribution in [2.45, 2.75) is 25.2 Å². The number of rotatable bonds is 6. The lowest BCUT2D eigenvalue weighted by molar-refractivity contribution is -0.118. The van der Waals surface area contributed by atoms with E-state index in [1.54, 1.807) is 0 Å². The number of isothiocyanates is 1. The fourth-order valence-corrected chi connectivity index (χ4v) is 2.81. The molecule has 0 unspecified atom stereocenters. The summed E-state index contributed by atoms with van der Waals surface area (Å²) in [6.07, 6.45) is 2.83. The van der Waals surface area contributed by atoms with Crippen molar-refractivity contribution in [2.24, 2.45) is 10.7 Å². The number of carbonyl (C=O) groups is 1. The van der Waals surface area contributed by atoms with Gasteiger partial charge >= 0.3 is 0 Å². The van der Waals surface area contributed by atoms with Gasteiger partial charge in [-0.2, -0.15) is 4.99 Å². The van der Waals surface area contributed by atoms with Gasteiger partial charge in [0.15, 0.2) is 0 Å². The Morgan fingerprint density at radius 3 is 2.85 bits per heavy atom. The molecule has 106 valence electrons. The van der Waals surface area contributed by atoms with Crippen LogP contribution in [-0.2, 0) is 4.79 Å². The molecule has 0 bridgehead atoms. The first-order valence-corrected chi connectivity index (χ1v) is 7.28. The topological polar surface area (TPSA) is 58.7 Å². The van der Waals surface area contributed by atoms with Crippen LogP contribution < -0.4 is 5.73 Å². The summed E-state index contributed by atoms with van der Waals surface area (Å²) in [5.74, 6) is -0.149. The van der Waals surface area contributed by atoms with Crippen LogP contribution in [0.5, 0.6) is 0 Å². The Hall–Kier alpha value is -1.55. The van der Waals surface area contributed by atoms with Gasteiger partial charge in [0.1, 0.15) is 0 Å². The maximum Gasteiger partial charge on any atom is 0.218 e. The number of thiocarbonyl (C=S) groups is 1. The molecule has 1 aliphatic rings. The summed E-state index contributed by atoms with van der Waals surface area (Å²) in [4.78, 5) is 17.7. The molecule has 2 rings (SSSR count). The van der Waals surface area contributed by atoms with Gasteiger partial charge in [0, 0.05) is 18.9 Å². The number of hydrogen-bond acceptors (Lipinski definition) is 4. The first-order chi connectivity index (χ1) is 9.69. The summed E-state index contributed by atoms with van der Waals surface area (Å²) < 4.78 is 0. The summed E-state index contributed by atoms with van der Waals surface area (Å²) in [5, 5.41) is 2.37. The average Bonchev–Trinajstić information content (AvgIpc) is 2.91. The van der Waals surface area contributed by atoms with Crippen LogP contribution in [0.3, 0.4) is 0 Å². The van der Waals surface area contributed by atoms with Crippen LogP contribution in [0.15, 0.2) is 29.3 Å². The maximum atomic E-state index is 11.3. The Morgan fingerprint density at radius 2 is 2.20 bits per heavy atom. The lowest BCUT2D eigenvalue weighted by Gasteiger charge is -2.23. The third-order valence-electron chi connectivity index (χ3n) is 3.64. The van der Waals surface area contributed by atoms with Crippen molar-refractivity contribution in [1.82, 2.24) is 4.90 Å². The maximum absolute atomic E-state index is 11.3. The van der Waals surface area contributed by atoms with Gasteiger partial charge < -0.3 is 10.6 Å². The molecule has 5 heteroatoms. The predicted molar refractivity (Wildman–Crippen MR) is 83.4 cm³/mol. The summed E-state index contributed by atoms with van der Waals surface area (Å²) >= 11 is 4.63. The largest absolute Gasteiger partial charge is 0.370 e. The number of nitrogens with two attached hydrogens (primary N) is 1. The number of nitrogens with zero attached hydrogens (tertiary/aromatic N) is 2. The molecule has 0 radical (unpaired) electrons. The Balaban J connectivity index is 2.17. The minimum atomic E-state index is -0.266. The van der Waals surface area contributed by atoms with E-state index in [9.17, 15) is 4.79 Å². The van der Waals surface area contributed by atoms with Crippen LogP contribution in [0, 0.1) is 0 Å². The summed E-state index contributed by atoms with van der Waals surface area (Å²) in [6.45, 7) is 3.08. The standard InChI is InChI=1S/C15H19N3OS/c16-15(19)9-13(10-18-6-1-2-7-18)12-4-3-5-14(8-12)17-11-20/h3-5,8,13H,1-2,6-7,9-10H2,(H2,16,19)/t13-/m1/s1. The van der Waals surface area contributed by atoms with E-state index in [0.29, 0.717) is 6.42 Å². The van der Waals surface area contributed by atoms with E-state index in [0.717, 1.165) is 30.9 Å².